The molecule has 1 aromatic heterocycles. The average molecular weight is 308 g/mol. The summed E-state index contributed by atoms with van der Waals surface area (Å²) in [5, 5.41) is 0.485. The van der Waals surface area contributed by atoms with E-state index in [1.165, 1.54) is 18.9 Å². The average Bonchev–Trinajstić information content (AvgIpc) is 3.21. The van der Waals surface area contributed by atoms with Crippen molar-refractivity contribution < 1.29 is 4.39 Å². The van der Waals surface area contributed by atoms with Gasteiger partial charge in [0.2, 0.25) is 0 Å². The number of hydrogen-bond acceptors (Lipinski definition) is 2. The molecule has 0 aliphatic heterocycles. The van der Waals surface area contributed by atoms with E-state index in [0.29, 0.717) is 29.7 Å². The van der Waals surface area contributed by atoms with Gasteiger partial charge in [-0.2, -0.15) is 0 Å². The maximum atomic E-state index is 13.9. The minimum atomic E-state index is -0.244. The first-order valence-corrected chi connectivity index (χ1v) is 7.73. The Morgan fingerprint density at radius 2 is 2.19 bits per heavy atom. The van der Waals surface area contributed by atoms with Gasteiger partial charge in [-0.05, 0) is 31.5 Å². The van der Waals surface area contributed by atoms with Crippen LogP contribution in [0.2, 0.25) is 5.02 Å². The van der Waals surface area contributed by atoms with Gasteiger partial charge in [-0.1, -0.05) is 24.6 Å². The van der Waals surface area contributed by atoms with Gasteiger partial charge in [0.05, 0.1) is 6.54 Å². The molecule has 0 atom stereocenters. The molecular weight excluding hydrogens is 289 g/mol. The minimum absolute atomic E-state index is 0.244. The first-order chi connectivity index (χ1) is 10.2. The fraction of sp³-hybridized carbons (Fsp3) is 0.438. The van der Waals surface area contributed by atoms with Crippen LogP contribution in [0.15, 0.2) is 30.6 Å². The lowest BCUT2D eigenvalue weighted by atomic mass is 10.2. The van der Waals surface area contributed by atoms with Crippen LogP contribution in [0.3, 0.4) is 0 Å². The zero-order chi connectivity index (χ0) is 14.8. The predicted octanol–water partition coefficient (Wildman–Crippen LogP) is 4.03. The Balaban J connectivity index is 1.74. The summed E-state index contributed by atoms with van der Waals surface area (Å²) < 4.78 is 16.2. The van der Waals surface area contributed by atoms with Crippen LogP contribution in [0.1, 0.15) is 37.2 Å². The number of rotatable bonds is 6. The van der Waals surface area contributed by atoms with Crippen LogP contribution in [0, 0.1) is 5.82 Å². The standard InChI is InChI=1S/C16H19ClFN3/c1-2-20(10-13-14(17)4-3-5-15(13)18)11-16-19-8-9-21(16)12-6-7-12/h3-5,8-9,12H,2,6-7,10-11H2,1H3. The Morgan fingerprint density at radius 1 is 1.38 bits per heavy atom. The summed E-state index contributed by atoms with van der Waals surface area (Å²) in [6.45, 7) is 4.10. The first kappa shape index (κ1) is 14.5. The molecule has 0 bridgehead atoms. The van der Waals surface area contributed by atoms with Crippen LogP contribution in [0.5, 0.6) is 0 Å². The van der Waals surface area contributed by atoms with Crippen molar-refractivity contribution in [2.75, 3.05) is 6.54 Å². The summed E-state index contributed by atoms with van der Waals surface area (Å²) in [4.78, 5) is 6.60. The Bertz CT molecular complexity index is 601. The molecule has 0 amide bonds. The van der Waals surface area contributed by atoms with Crippen molar-refractivity contribution in [2.45, 2.75) is 38.9 Å². The van der Waals surface area contributed by atoms with Gasteiger partial charge in [0.25, 0.3) is 0 Å². The third-order valence-electron chi connectivity index (χ3n) is 3.94. The Labute approximate surface area is 129 Å². The van der Waals surface area contributed by atoms with Gasteiger partial charge in [-0.15, -0.1) is 0 Å². The molecule has 1 aromatic carbocycles. The van der Waals surface area contributed by atoms with Crippen LogP contribution in [0.4, 0.5) is 4.39 Å². The van der Waals surface area contributed by atoms with Crippen molar-refractivity contribution >= 4 is 11.6 Å². The Morgan fingerprint density at radius 3 is 2.86 bits per heavy atom. The highest BCUT2D eigenvalue weighted by Crippen LogP contribution is 2.35. The number of aromatic nitrogens is 2. The van der Waals surface area contributed by atoms with E-state index in [0.717, 1.165) is 12.4 Å². The van der Waals surface area contributed by atoms with Gasteiger partial charge < -0.3 is 4.57 Å². The molecular formula is C16H19ClFN3. The monoisotopic (exact) mass is 307 g/mol. The zero-order valence-electron chi connectivity index (χ0n) is 12.1. The molecule has 21 heavy (non-hydrogen) atoms. The Hall–Kier alpha value is -1.39. The maximum Gasteiger partial charge on any atom is 0.129 e. The number of nitrogens with zero attached hydrogens (tertiary/aromatic N) is 3. The van der Waals surface area contributed by atoms with Gasteiger partial charge in [0.1, 0.15) is 11.6 Å². The second-order valence-electron chi connectivity index (χ2n) is 5.49. The topological polar surface area (TPSA) is 21.1 Å². The normalized spacial score (nSPS) is 14.9. The molecule has 5 heteroatoms. The van der Waals surface area contributed by atoms with Crippen molar-refractivity contribution in [1.29, 1.82) is 0 Å². The van der Waals surface area contributed by atoms with Crippen LogP contribution in [0.25, 0.3) is 0 Å². The molecule has 0 radical (unpaired) electrons. The van der Waals surface area contributed by atoms with Gasteiger partial charge >= 0.3 is 0 Å². The molecule has 1 fully saturated rings. The second-order valence-corrected chi connectivity index (χ2v) is 5.89. The van der Waals surface area contributed by atoms with E-state index in [9.17, 15) is 4.39 Å². The van der Waals surface area contributed by atoms with Crippen LogP contribution >= 0.6 is 11.6 Å². The third-order valence-corrected chi connectivity index (χ3v) is 4.30. The molecule has 0 saturated heterocycles. The quantitative estimate of drug-likeness (QED) is 0.803. The highest BCUT2D eigenvalue weighted by Gasteiger charge is 2.26. The minimum Gasteiger partial charge on any atom is -0.331 e. The zero-order valence-corrected chi connectivity index (χ0v) is 12.9. The first-order valence-electron chi connectivity index (χ1n) is 7.36. The smallest absolute Gasteiger partial charge is 0.129 e. The Kier molecular flexibility index (Phi) is 4.27. The fourth-order valence-electron chi connectivity index (χ4n) is 2.54. The van der Waals surface area contributed by atoms with Crippen molar-refractivity contribution in [3.8, 4) is 0 Å². The van der Waals surface area contributed by atoms with E-state index in [1.54, 1.807) is 12.1 Å². The van der Waals surface area contributed by atoms with Crippen LogP contribution < -0.4 is 0 Å². The molecule has 1 heterocycles. The summed E-state index contributed by atoms with van der Waals surface area (Å²) in [5.74, 6) is 0.804. The van der Waals surface area contributed by atoms with E-state index in [2.05, 4.69) is 21.4 Å². The van der Waals surface area contributed by atoms with Crippen LogP contribution in [-0.4, -0.2) is 21.0 Å². The second kappa shape index (κ2) is 6.16. The van der Waals surface area contributed by atoms with Crippen molar-refractivity contribution in [3.63, 3.8) is 0 Å². The van der Waals surface area contributed by atoms with Crippen molar-refractivity contribution in [3.05, 3.63) is 52.8 Å². The van der Waals surface area contributed by atoms with Crippen molar-refractivity contribution in [1.82, 2.24) is 14.5 Å². The third kappa shape index (κ3) is 3.27. The summed E-state index contributed by atoms with van der Waals surface area (Å²) in [6, 6.07) is 5.44. The van der Waals surface area contributed by atoms with Gasteiger partial charge in [-0.3, -0.25) is 4.90 Å². The SMILES string of the molecule is CCN(Cc1c(F)cccc1Cl)Cc1nccn1C1CC1. The molecule has 3 rings (SSSR count). The molecule has 3 nitrogen and oxygen atoms in total. The molecule has 1 aliphatic rings. The molecule has 112 valence electrons. The maximum absolute atomic E-state index is 13.9. The lowest BCUT2D eigenvalue weighted by Crippen LogP contribution is -2.25. The molecule has 1 aliphatic carbocycles. The van der Waals surface area contributed by atoms with E-state index < -0.39 is 0 Å². The summed E-state index contributed by atoms with van der Waals surface area (Å²) >= 11 is 6.12. The van der Waals surface area contributed by atoms with E-state index >= 15 is 0 Å². The number of hydrogen-bond donors (Lipinski definition) is 0. The fourth-order valence-corrected chi connectivity index (χ4v) is 2.76. The van der Waals surface area contributed by atoms with Gasteiger partial charge in [0, 0.05) is 35.6 Å². The number of halogens is 2. The molecule has 2 aromatic rings. The summed E-state index contributed by atoms with van der Waals surface area (Å²) in [5.41, 5.74) is 0.561. The van der Waals surface area contributed by atoms with Crippen LogP contribution in [-0.2, 0) is 13.1 Å². The molecule has 1 saturated carbocycles. The van der Waals surface area contributed by atoms with E-state index in [-0.39, 0.29) is 5.82 Å². The summed E-state index contributed by atoms with van der Waals surface area (Å²) in [6.07, 6.45) is 6.34. The van der Waals surface area contributed by atoms with Crippen molar-refractivity contribution in [2.24, 2.45) is 0 Å². The summed E-state index contributed by atoms with van der Waals surface area (Å²) in [7, 11) is 0. The van der Waals surface area contributed by atoms with Gasteiger partial charge in [0.15, 0.2) is 0 Å². The molecule has 0 N–H and O–H groups in total. The molecule has 0 unspecified atom stereocenters. The van der Waals surface area contributed by atoms with Gasteiger partial charge in [-0.25, -0.2) is 9.37 Å². The largest absolute Gasteiger partial charge is 0.331 e. The van der Waals surface area contributed by atoms with E-state index in [1.807, 2.05) is 12.4 Å². The predicted molar refractivity (Wildman–Crippen MR) is 81.7 cm³/mol. The van der Waals surface area contributed by atoms with E-state index in [4.69, 9.17) is 11.6 Å². The lowest BCUT2D eigenvalue weighted by molar-refractivity contribution is 0.256. The number of imidazole rings is 1. The lowest BCUT2D eigenvalue weighted by Gasteiger charge is -2.21. The number of benzene rings is 1. The molecule has 0 spiro atoms. The highest BCUT2D eigenvalue weighted by molar-refractivity contribution is 6.31. The highest BCUT2D eigenvalue weighted by atomic mass is 35.5.